The van der Waals surface area contributed by atoms with Gasteiger partial charge < -0.3 is 15.5 Å². The molecule has 5 nitrogen and oxygen atoms in total. The first-order valence-electron chi connectivity index (χ1n) is 8.66. The van der Waals surface area contributed by atoms with Gasteiger partial charge >= 0.3 is 6.03 Å². The lowest BCUT2D eigenvalue weighted by Gasteiger charge is -2.32. The molecule has 2 N–H and O–H groups in total. The van der Waals surface area contributed by atoms with Crippen LogP contribution in [-0.2, 0) is 4.79 Å². The van der Waals surface area contributed by atoms with Gasteiger partial charge in [-0.1, -0.05) is 18.5 Å². The van der Waals surface area contributed by atoms with Crippen LogP contribution < -0.4 is 10.6 Å². The summed E-state index contributed by atoms with van der Waals surface area (Å²) >= 11 is 5.85. The van der Waals surface area contributed by atoms with E-state index in [-0.39, 0.29) is 11.9 Å². The quantitative estimate of drug-likeness (QED) is 0.816. The number of nitrogens with one attached hydrogen (secondary N) is 2. The molecule has 0 aromatic heterocycles. The third kappa shape index (κ3) is 6.04. The monoisotopic (exact) mass is 351 g/mol. The maximum absolute atomic E-state index is 12.4. The summed E-state index contributed by atoms with van der Waals surface area (Å²) in [6.07, 6.45) is 4.38. The number of hydrogen-bond donors (Lipinski definition) is 2. The second-order valence-electron chi connectivity index (χ2n) is 6.28. The molecule has 1 aliphatic rings. The Bertz CT molecular complexity index is 548. The maximum Gasteiger partial charge on any atom is 0.321 e. The molecule has 0 saturated carbocycles. The van der Waals surface area contributed by atoms with Gasteiger partial charge in [0.25, 0.3) is 0 Å². The van der Waals surface area contributed by atoms with Crippen molar-refractivity contribution >= 4 is 29.2 Å². The lowest BCUT2D eigenvalue weighted by molar-refractivity contribution is -0.121. The third-order valence-corrected chi connectivity index (χ3v) is 4.51. The van der Waals surface area contributed by atoms with Gasteiger partial charge in [0.05, 0.1) is 0 Å². The molecule has 1 aromatic carbocycles. The molecule has 24 heavy (non-hydrogen) atoms. The number of piperidine rings is 1. The van der Waals surface area contributed by atoms with Gasteiger partial charge in [-0.05, 0) is 55.9 Å². The largest absolute Gasteiger partial charge is 0.356 e. The number of anilines is 1. The first-order chi connectivity index (χ1) is 11.6. The van der Waals surface area contributed by atoms with Crippen molar-refractivity contribution in [2.45, 2.75) is 39.0 Å². The smallest absolute Gasteiger partial charge is 0.321 e. The van der Waals surface area contributed by atoms with Crippen molar-refractivity contribution in [2.24, 2.45) is 5.92 Å². The van der Waals surface area contributed by atoms with Crippen LogP contribution in [-0.4, -0.2) is 36.5 Å². The second-order valence-corrected chi connectivity index (χ2v) is 6.72. The van der Waals surface area contributed by atoms with E-state index < -0.39 is 0 Å². The molecule has 0 aliphatic carbocycles. The second kappa shape index (κ2) is 9.52. The number of hydrogen-bond acceptors (Lipinski definition) is 2. The van der Waals surface area contributed by atoms with E-state index in [9.17, 15) is 9.59 Å². The topological polar surface area (TPSA) is 61.4 Å². The molecule has 132 valence electrons. The minimum absolute atomic E-state index is 0.0857. The minimum Gasteiger partial charge on any atom is -0.356 e. The standard InChI is InChI=1S/C18H26ClN3O2/c1-2-11-20-17(23)10-5-14-4-3-12-22(13-14)18(24)21-16-8-6-15(19)7-9-16/h6-9,14H,2-5,10-13H2,1H3,(H,20,23)(H,21,24). The van der Waals surface area contributed by atoms with Gasteiger partial charge in [-0.2, -0.15) is 0 Å². The van der Waals surface area contributed by atoms with Crippen LogP contribution in [0, 0.1) is 5.92 Å². The van der Waals surface area contributed by atoms with E-state index >= 15 is 0 Å². The summed E-state index contributed by atoms with van der Waals surface area (Å²) < 4.78 is 0. The number of carbonyl (C=O) groups excluding carboxylic acids is 2. The summed E-state index contributed by atoms with van der Waals surface area (Å²) in [7, 11) is 0. The van der Waals surface area contributed by atoms with E-state index in [4.69, 9.17) is 11.6 Å². The van der Waals surface area contributed by atoms with E-state index in [1.165, 1.54) is 0 Å². The van der Waals surface area contributed by atoms with Crippen molar-refractivity contribution in [3.63, 3.8) is 0 Å². The number of nitrogens with zero attached hydrogens (tertiary/aromatic N) is 1. The predicted octanol–water partition coefficient (Wildman–Crippen LogP) is 3.89. The SMILES string of the molecule is CCCNC(=O)CCC1CCCN(C(=O)Nc2ccc(Cl)cc2)C1. The lowest BCUT2D eigenvalue weighted by atomic mass is 9.93. The molecular weight excluding hydrogens is 326 g/mol. The van der Waals surface area contributed by atoms with Crippen molar-refractivity contribution in [3.8, 4) is 0 Å². The fourth-order valence-corrected chi connectivity index (χ4v) is 3.03. The Morgan fingerprint density at radius 1 is 1.29 bits per heavy atom. The first kappa shape index (κ1) is 18.6. The summed E-state index contributed by atoms with van der Waals surface area (Å²) in [4.78, 5) is 25.9. The molecule has 0 radical (unpaired) electrons. The molecule has 1 fully saturated rings. The van der Waals surface area contributed by atoms with Crippen molar-refractivity contribution in [1.82, 2.24) is 10.2 Å². The molecule has 1 aromatic rings. The van der Waals surface area contributed by atoms with Crippen molar-refractivity contribution < 1.29 is 9.59 Å². The van der Waals surface area contributed by atoms with Gasteiger partial charge in [0.1, 0.15) is 0 Å². The number of urea groups is 1. The van der Waals surface area contributed by atoms with Crippen LogP contribution in [0.3, 0.4) is 0 Å². The molecule has 0 spiro atoms. The van der Waals surface area contributed by atoms with E-state index in [2.05, 4.69) is 10.6 Å². The van der Waals surface area contributed by atoms with Gasteiger partial charge in [-0.25, -0.2) is 4.79 Å². The molecule has 1 saturated heterocycles. The number of halogens is 1. The Morgan fingerprint density at radius 2 is 2.04 bits per heavy atom. The Morgan fingerprint density at radius 3 is 2.75 bits per heavy atom. The number of rotatable bonds is 6. The fourth-order valence-electron chi connectivity index (χ4n) is 2.91. The fraction of sp³-hybridized carbons (Fsp3) is 0.556. The molecule has 0 bridgehead atoms. The molecule has 1 aliphatic heterocycles. The lowest BCUT2D eigenvalue weighted by Crippen LogP contribution is -2.42. The van der Waals surface area contributed by atoms with Gasteiger partial charge in [-0.15, -0.1) is 0 Å². The zero-order chi connectivity index (χ0) is 17.4. The van der Waals surface area contributed by atoms with Gasteiger partial charge in [-0.3, -0.25) is 4.79 Å². The first-order valence-corrected chi connectivity index (χ1v) is 9.04. The van der Waals surface area contributed by atoms with Crippen molar-refractivity contribution in [3.05, 3.63) is 29.3 Å². The van der Waals surface area contributed by atoms with Crippen LogP contribution in [0.25, 0.3) is 0 Å². The van der Waals surface area contributed by atoms with Crippen molar-refractivity contribution in [1.29, 1.82) is 0 Å². The van der Waals surface area contributed by atoms with Gasteiger partial charge in [0, 0.05) is 36.8 Å². The van der Waals surface area contributed by atoms with Gasteiger partial charge in [0.2, 0.25) is 5.91 Å². The van der Waals surface area contributed by atoms with Crippen LogP contribution >= 0.6 is 11.6 Å². The highest BCUT2D eigenvalue weighted by molar-refractivity contribution is 6.30. The highest BCUT2D eigenvalue weighted by Crippen LogP contribution is 2.22. The van der Waals surface area contributed by atoms with E-state index in [0.29, 0.717) is 23.9 Å². The zero-order valence-electron chi connectivity index (χ0n) is 14.2. The Balaban J connectivity index is 1.78. The van der Waals surface area contributed by atoms with E-state index in [1.54, 1.807) is 24.3 Å². The normalized spacial score (nSPS) is 17.4. The molecule has 6 heteroatoms. The predicted molar refractivity (Wildman–Crippen MR) is 97.3 cm³/mol. The highest BCUT2D eigenvalue weighted by Gasteiger charge is 2.24. The zero-order valence-corrected chi connectivity index (χ0v) is 14.9. The number of likely N-dealkylation sites (tertiary alicyclic amines) is 1. The van der Waals surface area contributed by atoms with E-state index in [1.807, 2.05) is 11.8 Å². The van der Waals surface area contributed by atoms with Crippen LogP contribution in [0.15, 0.2) is 24.3 Å². The number of carbonyl (C=O) groups is 2. The highest BCUT2D eigenvalue weighted by atomic mass is 35.5. The Kier molecular flexibility index (Phi) is 7.37. The Labute approximate surface area is 148 Å². The summed E-state index contributed by atoms with van der Waals surface area (Å²) in [6, 6.07) is 7.01. The molecule has 2 rings (SSSR count). The number of amides is 3. The maximum atomic E-state index is 12.4. The summed E-state index contributed by atoms with van der Waals surface area (Å²) in [6.45, 7) is 4.25. The minimum atomic E-state index is -0.0857. The van der Waals surface area contributed by atoms with Crippen LogP contribution in [0.2, 0.25) is 5.02 Å². The molecule has 1 atom stereocenters. The van der Waals surface area contributed by atoms with Crippen LogP contribution in [0.4, 0.5) is 10.5 Å². The number of benzene rings is 1. The average Bonchev–Trinajstić information content (AvgIpc) is 2.60. The van der Waals surface area contributed by atoms with Crippen LogP contribution in [0.1, 0.15) is 39.0 Å². The van der Waals surface area contributed by atoms with Crippen LogP contribution in [0.5, 0.6) is 0 Å². The summed E-state index contributed by atoms with van der Waals surface area (Å²) in [5.74, 6) is 0.502. The average molecular weight is 352 g/mol. The van der Waals surface area contributed by atoms with Crippen molar-refractivity contribution in [2.75, 3.05) is 25.0 Å². The molecule has 3 amide bonds. The molecule has 1 unspecified atom stereocenters. The third-order valence-electron chi connectivity index (χ3n) is 4.25. The van der Waals surface area contributed by atoms with Gasteiger partial charge in [0.15, 0.2) is 0 Å². The summed E-state index contributed by atoms with van der Waals surface area (Å²) in [5, 5.41) is 6.45. The summed E-state index contributed by atoms with van der Waals surface area (Å²) in [5.41, 5.74) is 0.741. The molecule has 1 heterocycles. The Hall–Kier alpha value is -1.75. The molecular formula is C18H26ClN3O2. The van der Waals surface area contributed by atoms with E-state index in [0.717, 1.165) is 44.5 Å².